The standard InChI is InChI=1S/C16H18O5.C13H12O5/c1-16(2)20-14(18)13(15(19)21-16)12(9-3-4-9)10-5-7-11(17)8-6-10;1-13(2)17-11(15)10(12(16)18-13)7-8-3-5-9(14)6-4-8/h5-9,12-13,17H,3-4H2,1-2H3;3-7,14H,1-2H3. The molecule has 2 saturated heterocycles. The Labute approximate surface area is 225 Å². The van der Waals surface area contributed by atoms with E-state index in [1.807, 2.05) is 0 Å². The Balaban J connectivity index is 0.000000183. The summed E-state index contributed by atoms with van der Waals surface area (Å²) in [7, 11) is 0. The molecule has 0 bridgehead atoms. The Hall–Kier alpha value is -4.34. The predicted molar refractivity (Wildman–Crippen MR) is 136 cm³/mol. The molecule has 39 heavy (non-hydrogen) atoms. The maximum absolute atomic E-state index is 12.3. The zero-order valence-corrected chi connectivity index (χ0v) is 22.0. The number of carbonyl (C=O) groups is 4. The lowest BCUT2D eigenvalue weighted by molar-refractivity contribution is -0.241. The van der Waals surface area contributed by atoms with Gasteiger partial charge in [-0.1, -0.05) is 24.3 Å². The lowest BCUT2D eigenvalue weighted by atomic mass is 9.81. The SMILES string of the molecule is CC1(C)OC(=O)C(=Cc2ccc(O)cc2)C(=O)O1.CC1(C)OC(=O)C(C(c2ccc(O)cc2)C2CC2)C(=O)O1. The van der Waals surface area contributed by atoms with Crippen molar-refractivity contribution in [1.29, 1.82) is 0 Å². The van der Waals surface area contributed by atoms with Gasteiger partial charge in [-0.2, -0.15) is 0 Å². The molecule has 2 aromatic carbocycles. The van der Waals surface area contributed by atoms with E-state index in [1.54, 1.807) is 50.2 Å². The van der Waals surface area contributed by atoms with E-state index in [9.17, 15) is 24.3 Å². The zero-order valence-electron chi connectivity index (χ0n) is 22.0. The van der Waals surface area contributed by atoms with Crippen molar-refractivity contribution < 1.29 is 48.3 Å². The van der Waals surface area contributed by atoms with Crippen molar-refractivity contribution in [2.75, 3.05) is 0 Å². The molecule has 5 rings (SSSR count). The number of phenolic OH excluding ortho intramolecular Hbond substituents is 2. The molecule has 2 N–H and O–H groups in total. The van der Waals surface area contributed by atoms with Crippen molar-refractivity contribution >= 4 is 30.0 Å². The second-order valence-corrected chi connectivity index (χ2v) is 10.5. The van der Waals surface area contributed by atoms with Crippen LogP contribution < -0.4 is 0 Å². The monoisotopic (exact) mass is 538 g/mol. The molecule has 0 radical (unpaired) electrons. The number of hydrogen-bond donors (Lipinski definition) is 2. The predicted octanol–water partition coefficient (Wildman–Crippen LogP) is 3.95. The van der Waals surface area contributed by atoms with Gasteiger partial charge in [0.05, 0.1) is 0 Å². The summed E-state index contributed by atoms with van der Waals surface area (Å²) in [6.45, 7) is 6.07. The summed E-state index contributed by atoms with van der Waals surface area (Å²) in [6.07, 6.45) is 3.32. The first-order valence-electron chi connectivity index (χ1n) is 12.5. The van der Waals surface area contributed by atoms with Crippen LogP contribution in [-0.2, 0) is 38.1 Å². The van der Waals surface area contributed by atoms with Crippen LogP contribution in [0.3, 0.4) is 0 Å². The molecule has 2 aliphatic heterocycles. The smallest absolute Gasteiger partial charge is 0.348 e. The Morgan fingerprint density at radius 3 is 1.62 bits per heavy atom. The summed E-state index contributed by atoms with van der Waals surface area (Å²) in [5.41, 5.74) is 1.28. The highest BCUT2D eigenvalue weighted by molar-refractivity contribution is 6.18. The van der Waals surface area contributed by atoms with E-state index in [2.05, 4.69) is 0 Å². The van der Waals surface area contributed by atoms with Crippen LogP contribution >= 0.6 is 0 Å². The first-order chi connectivity index (χ1) is 18.2. The molecular weight excluding hydrogens is 508 g/mol. The molecule has 1 atom stereocenters. The van der Waals surface area contributed by atoms with Crippen LogP contribution in [0.5, 0.6) is 11.5 Å². The van der Waals surface area contributed by atoms with Crippen molar-refractivity contribution in [3.8, 4) is 11.5 Å². The van der Waals surface area contributed by atoms with Crippen LogP contribution in [0.15, 0.2) is 54.1 Å². The van der Waals surface area contributed by atoms with Crippen molar-refractivity contribution in [3.05, 3.63) is 65.2 Å². The normalized spacial score (nSPS) is 20.9. The fraction of sp³-hybridized carbons (Fsp3) is 0.379. The van der Waals surface area contributed by atoms with E-state index in [-0.39, 0.29) is 28.9 Å². The molecule has 2 heterocycles. The van der Waals surface area contributed by atoms with E-state index < -0.39 is 41.4 Å². The quantitative estimate of drug-likeness (QED) is 0.254. The lowest BCUT2D eigenvalue weighted by Gasteiger charge is -2.36. The second-order valence-electron chi connectivity index (χ2n) is 10.5. The molecule has 10 heteroatoms. The maximum Gasteiger partial charge on any atom is 0.348 e. The largest absolute Gasteiger partial charge is 0.508 e. The van der Waals surface area contributed by atoms with Gasteiger partial charge in [-0.25, -0.2) is 9.59 Å². The van der Waals surface area contributed by atoms with Crippen LogP contribution in [0.25, 0.3) is 6.08 Å². The van der Waals surface area contributed by atoms with Crippen molar-refractivity contribution in [2.45, 2.75) is 58.0 Å². The summed E-state index contributed by atoms with van der Waals surface area (Å²) in [6, 6.07) is 12.7. The molecule has 206 valence electrons. The molecule has 1 saturated carbocycles. The highest BCUT2D eigenvalue weighted by Crippen LogP contribution is 2.49. The van der Waals surface area contributed by atoms with Gasteiger partial charge in [0, 0.05) is 33.6 Å². The minimum absolute atomic E-state index is 0.104. The number of aromatic hydroxyl groups is 2. The molecule has 10 nitrogen and oxygen atoms in total. The Morgan fingerprint density at radius 2 is 1.15 bits per heavy atom. The Kier molecular flexibility index (Phi) is 7.41. The van der Waals surface area contributed by atoms with Crippen LogP contribution in [0.2, 0.25) is 0 Å². The minimum atomic E-state index is -1.24. The number of ether oxygens (including phenoxy) is 4. The van der Waals surface area contributed by atoms with Gasteiger partial charge in [0.2, 0.25) is 0 Å². The topological polar surface area (TPSA) is 146 Å². The number of carbonyl (C=O) groups excluding carboxylic acids is 4. The van der Waals surface area contributed by atoms with Gasteiger partial charge in [0.25, 0.3) is 11.6 Å². The van der Waals surface area contributed by atoms with E-state index in [4.69, 9.17) is 24.1 Å². The van der Waals surface area contributed by atoms with E-state index >= 15 is 0 Å². The van der Waals surface area contributed by atoms with E-state index in [1.165, 1.54) is 32.1 Å². The van der Waals surface area contributed by atoms with Gasteiger partial charge < -0.3 is 29.2 Å². The fourth-order valence-electron chi connectivity index (χ4n) is 4.43. The molecule has 3 fully saturated rings. The molecule has 0 spiro atoms. The number of benzene rings is 2. The lowest BCUT2D eigenvalue weighted by Crippen LogP contribution is -2.48. The highest BCUT2D eigenvalue weighted by Gasteiger charge is 2.51. The highest BCUT2D eigenvalue weighted by atomic mass is 16.7. The Morgan fingerprint density at radius 1 is 0.718 bits per heavy atom. The third-order valence-corrected chi connectivity index (χ3v) is 6.29. The summed E-state index contributed by atoms with van der Waals surface area (Å²) in [4.78, 5) is 47.8. The van der Waals surface area contributed by atoms with Crippen LogP contribution in [-0.4, -0.2) is 45.7 Å². The summed E-state index contributed by atoms with van der Waals surface area (Å²) >= 11 is 0. The van der Waals surface area contributed by atoms with E-state index in [0.717, 1.165) is 18.4 Å². The van der Waals surface area contributed by atoms with Crippen LogP contribution in [0.1, 0.15) is 57.6 Å². The number of hydrogen-bond acceptors (Lipinski definition) is 10. The Bertz CT molecular complexity index is 1260. The van der Waals surface area contributed by atoms with Crippen LogP contribution in [0, 0.1) is 11.8 Å². The molecular formula is C29H30O10. The summed E-state index contributed by atoms with van der Waals surface area (Å²) in [5.74, 6) is -5.56. The fourth-order valence-corrected chi connectivity index (χ4v) is 4.43. The first-order valence-corrected chi connectivity index (χ1v) is 12.5. The molecule has 0 amide bonds. The summed E-state index contributed by atoms with van der Waals surface area (Å²) in [5, 5.41) is 18.5. The van der Waals surface area contributed by atoms with Gasteiger partial charge in [0.15, 0.2) is 5.92 Å². The first kappa shape index (κ1) is 27.7. The minimum Gasteiger partial charge on any atom is -0.508 e. The number of rotatable bonds is 4. The van der Waals surface area contributed by atoms with Gasteiger partial charge in [-0.15, -0.1) is 0 Å². The number of esters is 4. The van der Waals surface area contributed by atoms with E-state index in [0.29, 0.717) is 5.56 Å². The molecule has 3 aliphatic rings. The van der Waals surface area contributed by atoms with Gasteiger partial charge >= 0.3 is 23.9 Å². The zero-order chi connectivity index (χ0) is 28.5. The molecule has 2 aromatic rings. The van der Waals surface area contributed by atoms with Crippen molar-refractivity contribution in [3.63, 3.8) is 0 Å². The summed E-state index contributed by atoms with van der Waals surface area (Å²) < 4.78 is 20.4. The average molecular weight is 539 g/mol. The van der Waals surface area contributed by atoms with Gasteiger partial charge in [0.1, 0.15) is 17.1 Å². The average Bonchev–Trinajstić information content (AvgIpc) is 3.65. The van der Waals surface area contributed by atoms with Gasteiger partial charge in [-0.05, 0) is 60.2 Å². The van der Waals surface area contributed by atoms with Crippen LogP contribution in [0.4, 0.5) is 0 Å². The molecule has 0 aromatic heterocycles. The third-order valence-electron chi connectivity index (χ3n) is 6.29. The molecule has 1 aliphatic carbocycles. The van der Waals surface area contributed by atoms with Gasteiger partial charge in [-0.3, -0.25) is 9.59 Å². The second kappa shape index (κ2) is 10.4. The van der Waals surface area contributed by atoms with Crippen molar-refractivity contribution in [2.24, 2.45) is 11.8 Å². The molecule has 1 unspecified atom stereocenters. The maximum atomic E-state index is 12.3. The number of cyclic esters (lactones) is 4. The third kappa shape index (κ3) is 6.76. The van der Waals surface area contributed by atoms with Crippen molar-refractivity contribution in [1.82, 2.24) is 0 Å². The number of phenols is 2.